The topological polar surface area (TPSA) is 15.3 Å². The van der Waals surface area contributed by atoms with Crippen molar-refractivity contribution < 1.29 is 0 Å². The number of hydrogen-bond acceptors (Lipinski definition) is 2. The summed E-state index contributed by atoms with van der Waals surface area (Å²) in [5.41, 5.74) is 2.71. The summed E-state index contributed by atoms with van der Waals surface area (Å²) in [6, 6.07) is 7.31. The second-order valence-electron chi connectivity index (χ2n) is 5.26. The molecule has 0 fully saturated rings. The summed E-state index contributed by atoms with van der Waals surface area (Å²) in [6.45, 7) is 13.0. The Hall–Kier alpha value is -0.380. The van der Waals surface area contributed by atoms with Crippen LogP contribution < -0.4 is 5.32 Å². The molecule has 0 spiro atoms. The van der Waals surface area contributed by atoms with Crippen LogP contribution in [0.4, 0.5) is 0 Å². The second-order valence-corrected chi connectivity index (χ2v) is 6.11. The van der Waals surface area contributed by atoms with E-state index in [0.29, 0.717) is 6.04 Å². The predicted molar refractivity (Wildman–Crippen MR) is 87.4 cm³/mol. The Morgan fingerprint density at radius 1 is 1.26 bits per heavy atom. The van der Waals surface area contributed by atoms with Crippen molar-refractivity contribution in [2.75, 3.05) is 13.1 Å². The van der Waals surface area contributed by atoms with E-state index in [1.165, 1.54) is 22.0 Å². The van der Waals surface area contributed by atoms with E-state index < -0.39 is 0 Å². The molecule has 1 aromatic rings. The SMILES string of the molecule is CCCNCc1ccc(CN(CC)C(C)C)c(Br)c1. The van der Waals surface area contributed by atoms with Crippen molar-refractivity contribution >= 4 is 15.9 Å². The molecule has 0 unspecified atom stereocenters. The molecule has 0 heterocycles. The third-order valence-electron chi connectivity index (χ3n) is 3.38. The van der Waals surface area contributed by atoms with Crippen molar-refractivity contribution in [1.29, 1.82) is 0 Å². The maximum atomic E-state index is 3.71. The van der Waals surface area contributed by atoms with Crippen molar-refractivity contribution in [1.82, 2.24) is 10.2 Å². The van der Waals surface area contributed by atoms with Crippen LogP contribution in [-0.4, -0.2) is 24.0 Å². The summed E-state index contributed by atoms with van der Waals surface area (Å²) in [5, 5.41) is 3.44. The van der Waals surface area contributed by atoms with E-state index in [1.54, 1.807) is 0 Å². The third-order valence-corrected chi connectivity index (χ3v) is 4.12. The molecule has 0 aromatic heterocycles. The zero-order chi connectivity index (χ0) is 14.3. The predicted octanol–water partition coefficient (Wildman–Crippen LogP) is 4.18. The molecular formula is C16H27BrN2. The summed E-state index contributed by atoms with van der Waals surface area (Å²) in [6.07, 6.45) is 1.18. The van der Waals surface area contributed by atoms with E-state index in [2.05, 4.69) is 72.0 Å². The summed E-state index contributed by atoms with van der Waals surface area (Å²) < 4.78 is 1.22. The molecule has 0 radical (unpaired) electrons. The Morgan fingerprint density at radius 3 is 2.53 bits per heavy atom. The van der Waals surface area contributed by atoms with Gasteiger partial charge in [0.25, 0.3) is 0 Å². The summed E-state index contributed by atoms with van der Waals surface area (Å²) in [4.78, 5) is 2.47. The second kappa shape index (κ2) is 8.72. The minimum absolute atomic E-state index is 0.586. The Kier molecular flexibility index (Phi) is 7.66. The van der Waals surface area contributed by atoms with E-state index in [-0.39, 0.29) is 0 Å². The first-order valence-corrected chi connectivity index (χ1v) is 8.09. The van der Waals surface area contributed by atoms with Gasteiger partial charge in [-0.25, -0.2) is 0 Å². The van der Waals surface area contributed by atoms with Gasteiger partial charge in [-0.3, -0.25) is 4.90 Å². The first-order chi connectivity index (χ1) is 9.08. The number of nitrogens with one attached hydrogen (secondary N) is 1. The molecule has 0 aliphatic carbocycles. The lowest BCUT2D eigenvalue weighted by Crippen LogP contribution is -2.30. The highest BCUT2D eigenvalue weighted by atomic mass is 79.9. The lowest BCUT2D eigenvalue weighted by molar-refractivity contribution is 0.224. The third kappa shape index (κ3) is 5.64. The molecule has 2 nitrogen and oxygen atoms in total. The molecule has 108 valence electrons. The fourth-order valence-electron chi connectivity index (χ4n) is 2.12. The van der Waals surface area contributed by atoms with Crippen LogP contribution in [0.5, 0.6) is 0 Å². The van der Waals surface area contributed by atoms with Crippen molar-refractivity contribution in [3.05, 3.63) is 33.8 Å². The largest absolute Gasteiger partial charge is 0.313 e. The van der Waals surface area contributed by atoms with Crippen LogP contribution in [0, 0.1) is 0 Å². The first kappa shape index (κ1) is 16.7. The Morgan fingerprint density at radius 2 is 2.00 bits per heavy atom. The molecule has 0 saturated carbocycles. The van der Waals surface area contributed by atoms with Gasteiger partial charge < -0.3 is 5.32 Å². The van der Waals surface area contributed by atoms with E-state index in [4.69, 9.17) is 0 Å². The van der Waals surface area contributed by atoms with Gasteiger partial charge in [0, 0.05) is 23.6 Å². The van der Waals surface area contributed by atoms with Crippen LogP contribution in [0.3, 0.4) is 0 Å². The highest BCUT2D eigenvalue weighted by molar-refractivity contribution is 9.10. The maximum absolute atomic E-state index is 3.71. The van der Waals surface area contributed by atoms with Crippen LogP contribution in [0.25, 0.3) is 0 Å². The van der Waals surface area contributed by atoms with Gasteiger partial charge >= 0.3 is 0 Å². The standard InChI is InChI=1S/C16H27BrN2/c1-5-9-18-11-14-7-8-15(16(17)10-14)12-19(6-2)13(3)4/h7-8,10,13,18H,5-6,9,11-12H2,1-4H3. The highest BCUT2D eigenvalue weighted by Gasteiger charge is 2.10. The number of benzene rings is 1. The summed E-state index contributed by atoms with van der Waals surface area (Å²) in [7, 11) is 0. The van der Waals surface area contributed by atoms with Gasteiger partial charge in [-0.15, -0.1) is 0 Å². The van der Waals surface area contributed by atoms with Gasteiger partial charge in [-0.1, -0.05) is 41.9 Å². The highest BCUT2D eigenvalue weighted by Crippen LogP contribution is 2.21. The average Bonchev–Trinajstić information content (AvgIpc) is 2.37. The van der Waals surface area contributed by atoms with E-state index in [0.717, 1.165) is 26.2 Å². The Balaban J connectivity index is 2.66. The molecule has 1 aromatic carbocycles. The molecule has 3 heteroatoms. The molecular weight excluding hydrogens is 300 g/mol. The van der Waals surface area contributed by atoms with Crippen molar-refractivity contribution in [2.45, 2.75) is 53.2 Å². The van der Waals surface area contributed by atoms with Gasteiger partial charge in [0.05, 0.1) is 0 Å². The molecule has 0 saturated heterocycles. The molecule has 0 aliphatic heterocycles. The number of rotatable bonds is 8. The van der Waals surface area contributed by atoms with Crippen molar-refractivity contribution in [3.8, 4) is 0 Å². The fraction of sp³-hybridized carbons (Fsp3) is 0.625. The van der Waals surface area contributed by atoms with Gasteiger partial charge in [-0.05, 0) is 50.6 Å². The Bertz CT molecular complexity index is 377. The number of halogens is 1. The lowest BCUT2D eigenvalue weighted by Gasteiger charge is -2.25. The molecule has 1 N–H and O–H groups in total. The fourth-order valence-corrected chi connectivity index (χ4v) is 2.67. The first-order valence-electron chi connectivity index (χ1n) is 7.30. The summed E-state index contributed by atoms with van der Waals surface area (Å²) >= 11 is 3.71. The lowest BCUT2D eigenvalue weighted by atomic mass is 10.1. The van der Waals surface area contributed by atoms with Crippen LogP contribution in [-0.2, 0) is 13.1 Å². The van der Waals surface area contributed by atoms with Crippen LogP contribution in [0.15, 0.2) is 22.7 Å². The zero-order valence-electron chi connectivity index (χ0n) is 12.7. The zero-order valence-corrected chi connectivity index (χ0v) is 14.3. The van der Waals surface area contributed by atoms with E-state index in [9.17, 15) is 0 Å². The minimum atomic E-state index is 0.586. The van der Waals surface area contributed by atoms with Crippen LogP contribution in [0.1, 0.15) is 45.2 Å². The number of nitrogens with zero attached hydrogens (tertiary/aromatic N) is 1. The molecule has 0 bridgehead atoms. The monoisotopic (exact) mass is 326 g/mol. The van der Waals surface area contributed by atoms with Gasteiger partial charge in [0.1, 0.15) is 0 Å². The Labute approximate surface area is 126 Å². The van der Waals surface area contributed by atoms with E-state index >= 15 is 0 Å². The van der Waals surface area contributed by atoms with Gasteiger partial charge in [0.15, 0.2) is 0 Å². The minimum Gasteiger partial charge on any atom is -0.313 e. The molecule has 0 amide bonds. The average molecular weight is 327 g/mol. The molecule has 1 rings (SSSR count). The van der Waals surface area contributed by atoms with Crippen molar-refractivity contribution in [2.24, 2.45) is 0 Å². The molecule has 19 heavy (non-hydrogen) atoms. The van der Waals surface area contributed by atoms with Crippen LogP contribution >= 0.6 is 15.9 Å². The normalized spacial score (nSPS) is 11.5. The smallest absolute Gasteiger partial charge is 0.0247 e. The van der Waals surface area contributed by atoms with Gasteiger partial charge in [0.2, 0.25) is 0 Å². The van der Waals surface area contributed by atoms with Crippen LogP contribution in [0.2, 0.25) is 0 Å². The number of hydrogen-bond donors (Lipinski definition) is 1. The van der Waals surface area contributed by atoms with Gasteiger partial charge in [-0.2, -0.15) is 0 Å². The molecule has 0 aliphatic rings. The van der Waals surface area contributed by atoms with Crippen molar-refractivity contribution in [3.63, 3.8) is 0 Å². The van der Waals surface area contributed by atoms with E-state index in [1.807, 2.05) is 0 Å². The maximum Gasteiger partial charge on any atom is 0.0247 e. The quantitative estimate of drug-likeness (QED) is 0.721. The summed E-state index contributed by atoms with van der Waals surface area (Å²) in [5.74, 6) is 0. The molecule has 0 atom stereocenters.